The third-order valence-corrected chi connectivity index (χ3v) is 8.16. The number of amides is 4. The molecule has 0 radical (unpaired) electrons. The molecule has 3 aliphatic heterocycles. The van der Waals surface area contributed by atoms with Gasteiger partial charge in [-0.1, -0.05) is 26.2 Å². The molecule has 39 heavy (non-hydrogen) atoms. The van der Waals surface area contributed by atoms with E-state index in [-0.39, 0.29) is 24.3 Å². The fraction of sp³-hybridized carbons (Fsp3) is 0.679. The molecule has 3 aliphatic rings. The minimum absolute atomic E-state index is 0.0127. The number of hydroxylamine groups is 2. The second-order valence-corrected chi connectivity index (χ2v) is 10.8. The zero-order valence-electron chi connectivity index (χ0n) is 23.0. The molecular weight excluding hydrogens is 500 g/mol. The number of piperazine rings is 1. The Labute approximate surface area is 230 Å². The summed E-state index contributed by atoms with van der Waals surface area (Å²) in [6, 6.07) is 3.10. The monoisotopic (exact) mass is 542 g/mol. The van der Waals surface area contributed by atoms with E-state index in [2.05, 4.69) is 16.8 Å². The van der Waals surface area contributed by atoms with Crippen LogP contribution in [0.25, 0.3) is 0 Å². The number of anilines is 1. The Morgan fingerprint density at radius 1 is 1.05 bits per heavy atom. The average Bonchev–Trinajstić information content (AvgIpc) is 3.69. The standard InChI is InChI=1S/C28H42N6O5/c1-2-3-4-9-22(20-33(39)21-35)26(36)34-15-8-11-24(34)28(38)32-18-16-30(17-19-32)25-23(10-7-12-29-25)27(37)31-13-5-6-14-31/h7,10,12,21-22,24,39H,2-6,8-9,11,13-20H2,1H3/t22-,24+/m1/s1. The second kappa shape index (κ2) is 13.7. The number of hydrogen-bond acceptors (Lipinski definition) is 7. The number of aromatic nitrogens is 1. The summed E-state index contributed by atoms with van der Waals surface area (Å²) >= 11 is 0. The van der Waals surface area contributed by atoms with Gasteiger partial charge in [-0.15, -0.1) is 0 Å². The molecule has 0 aromatic carbocycles. The summed E-state index contributed by atoms with van der Waals surface area (Å²) in [6.07, 6.45) is 8.77. The van der Waals surface area contributed by atoms with Crippen LogP contribution in [0.15, 0.2) is 18.3 Å². The van der Waals surface area contributed by atoms with Gasteiger partial charge in [0.2, 0.25) is 18.2 Å². The van der Waals surface area contributed by atoms with Crippen LogP contribution in [0.3, 0.4) is 0 Å². The lowest BCUT2D eigenvalue weighted by molar-refractivity contribution is -0.158. The highest BCUT2D eigenvalue weighted by Crippen LogP contribution is 2.26. The van der Waals surface area contributed by atoms with Gasteiger partial charge < -0.3 is 19.6 Å². The molecule has 1 aromatic heterocycles. The Hall–Kier alpha value is -3.21. The molecule has 0 spiro atoms. The molecule has 0 bridgehead atoms. The smallest absolute Gasteiger partial charge is 0.257 e. The molecule has 4 heterocycles. The molecule has 0 unspecified atom stereocenters. The van der Waals surface area contributed by atoms with Gasteiger partial charge in [-0.2, -0.15) is 0 Å². The van der Waals surface area contributed by atoms with Crippen molar-refractivity contribution in [3.05, 3.63) is 23.9 Å². The summed E-state index contributed by atoms with van der Waals surface area (Å²) in [5, 5.41) is 10.3. The Morgan fingerprint density at radius 3 is 2.49 bits per heavy atom. The molecule has 11 heteroatoms. The molecule has 0 aliphatic carbocycles. The summed E-state index contributed by atoms with van der Waals surface area (Å²) in [5.74, 6) is -0.0808. The molecular formula is C28H42N6O5. The maximum Gasteiger partial charge on any atom is 0.257 e. The summed E-state index contributed by atoms with van der Waals surface area (Å²) in [5.41, 5.74) is 0.606. The van der Waals surface area contributed by atoms with Crippen molar-refractivity contribution in [1.29, 1.82) is 0 Å². The van der Waals surface area contributed by atoms with Crippen molar-refractivity contribution in [3.8, 4) is 0 Å². The Balaban J connectivity index is 1.38. The lowest BCUT2D eigenvalue weighted by Crippen LogP contribution is -2.55. The number of unbranched alkanes of at least 4 members (excludes halogenated alkanes) is 2. The van der Waals surface area contributed by atoms with Crippen LogP contribution in [0.1, 0.15) is 68.6 Å². The van der Waals surface area contributed by atoms with E-state index >= 15 is 0 Å². The van der Waals surface area contributed by atoms with Crippen molar-refractivity contribution >= 4 is 29.9 Å². The van der Waals surface area contributed by atoms with Crippen LogP contribution in [-0.4, -0.2) is 112 Å². The van der Waals surface area contributed by atoms with Crippen molar-refractivity contribution in [2.45, 2.75) is 64.3 Å². The highest BCUT2D eigenvalue weighted by molar-refractivity contribution is 5.99. The van der Waals surface area contributed by atoms with E-state index in [1.54, 1.807) is 17.2 Å². The Kier molecular flexibility index (Phi) is 10.1. The van der Waals surface area contributed by atoms with Gasteiger partial charge in [0, 0.05) is 52.0 Å². The fourth-order valence-electron chi connectivity index (χ4n) is 5.98. The minimum atomic E-state index is -0.535. The van der Waals surface area contributed by atoms with Gasteiger partial charge in [0.05, 0.1) is 18.0 Å². The molecule has 1 N–H and O–H groups in total. The van der Waals surface area contributed by atoms with Crippen molar-refractivity contribution < 1.29 is 24.4 Å². The molecule has 4 rings (SSSR count). The lowest BCUT2D eigenvalue weighted by Gasteiger charge is -2.38. The van der Waals surface area contributed by atoms with E-state index in [9.17, 15) is 24.4 Å². The van der Waals surface area contributed by atoms with Crippen LogP contribution in [-0.2, 0) is 14.4 Å². The summed E-state index contributed by atoms with van der Waals surface area (Å²) in [4.78, 5) is 63.1. The van der Waals surface area contributed by atoms with Crippen molar-refractivity contribution in [2.24, 2.45) is 5.92 Å². The SMILES string of the molecule is CCCCC[C@H](CN(O)C=O)C(=O)N1CCC[C@H]1C(=O)N1CCN(c2ncccc2C(=O)N2CCCC2)CC1. The number of carbonyl (C=O) groups excluding carboxylic acids is 4. The third kappa shape index (κ3) is 6.87. The first kappa shape index (κ1) is 28.8. The molecule has 1 aromatic rings. The molecule has 3 saturated heterocycles. The quantitative estimate of drug-likeness (QED) is 0.197. The highest BCUT2D eigenvalue weighted by atomic mass is 16.5. The van der Waals surface area contributed by atoms with Crippen molar-refractivity contribution in [2.75, 3.05) is 57.3 Å². The highest BCUT2D eigenvalue weighted by Gasteiger charge is 2.40. The van der Waals surface area contributed by atoms with E-state index in [4.69, 9.17) is 0 Å². The molecule has 4 amide bonds. The number of carbonyl (C=O) groups is 4. The fourth-order valence-corrected chi connectivity index (χ4v) is 5.98. The van der Waals surface area contributed by atoms with Gasteiger partial charge in [-0.25, -0.2) is 10.0 Å². The summed E-state index contributed by atoms with van der Waals surface area (Å²) in [7, 11) is 0. The van der Waals surface area contributed by atoms with E-state index in [0.717, 1.165) is 51.6 Å². The van der Waals surface area contributed by atoms with E-state index in [1.165, 1.54) is 0 Å². The molecule has 2 atom stereocenters. The van der Waals surface area contributed by atoms with Gasteiger partial charge in [0.25, 0.3) is 5.91 Å². The average molecular weight is 543 g/mol. The first-order valence-corrected chi connectivity index (χ1v) is 14.4. The molecule has 11 nitrogen and oxygen atoms in total. The number of pyridine rings is 1. The van der Waals surface area contributed by atoms with Crippen LogP contribution in [0.4, 0.5) is 5.82 Å². The van der Waals surface area contributed by atoms with Crippen LogP contribution < -0.4 is 4.90 Å². The van der Waals surface area contributed by atoms with Gasteiger partial charge in [-0.05, 0) is 44.2 Å². The topological polar surface area (TPSA) is 118 Å². The first-order valence-electron chi connectivity index (χ1n) is 14.4. The first-order chi connectivity index (χ1) is 18.9. The van der Waals surface area contributed by atoms with Gasteiger partial charge in [-0.3, -0.25) is 24.4 Å². The number of hydrogen-bond donors (Lipinski definition) is 1. The predicted octanol–water partition coefficient (Wildman–Crippen LogP) is 2.00. The normalized spacial score (nSPS) is 20.3. The van der Waals surface area contributed by atoms with Crippen LogP contribution in [0, 0.1) is 5.92 Å². The maximum atomic E-state index is 13.6. The van der Waals surface area contributed by atoms with Crippen LogP contribution >= 0.6 is 0 Å². The lowest BCUT2D eigenvalue weighted by atomic mass is 9.98. The van der Waals surface area contributed by atoms with Crippen molar-refractivity contribution in [3.63, 3.8) is 0 Å². The van der Waals surface area contributed by atoms with Gasteiger partial charge in [0.15, 0.2) is 0 Å². The second-order valence-electron chi connectivity index (χ2n) is 10.8. The number of likely N-dealkylation sites (tertiary alicyclic amines) is 2. The molecule has 214 valence electrons. The van der Waals surface area contributed by atoms with E-state index < -0.39 is 12.0 Å². The van der Waals surface area contributed by atoms with E-state index in [1.807, 2.05) is 15.9 Å². The minimum Gasteiger partial charge on any atom is -0.352 e. The third-order valence-electron chi connectivity index (χ3n) is 8.16. The largest absolute Gasteiger partial charge is 0.352 e. The van der Waals surface area contributed by atoms with Crippen LogP contribution in [0.2, 0.25) is 0 Å². The van der Waals surface area contributed by atoms with Crippen molar-refractivity contribution in [1.82, 2.24) is 24.7 Å². The zero-order valence-corrected chi connectivity index (χ0v) is 23.0. The summed E-state index contributed by atoms with van der Waals surface area (Å²) in [6.45, 7) is 6.15. The maximum absolute atomic E-state index is 13.6. The molecule has 3 fully saturated rings. The molecule has 0 saturated carbocycles. The summed E-state index contributed by atoms with van der Waals surface area (Å²) < 4.78 is 0. The van der Waals surface area contributed by atoms with Gasteiger partial charge in [0.1, 0.15) is 11.9 Å². The van der Waals surface area contributed by atoms with E-state index in [0.29, 0.717) is 68.4 Å². The Bertz CT molecular complexity index is 1010. The zero-order chi connectivity index (χ0) is 27.8. The van der Waals surface area contributed by atoms with Crippen LogP contribution in [0.5, 0.6) is 0 Å². The van der Waals surface area contributed by atoms with Gasteiger partial charge >= 0.3 is 0 Å². The predicted molar refractivity (Wildman–Crippen MR) is 145 cm³/mol. The number of rotatable bonds is 11. The Morgan fingerprint density at radius 2 is 1.79 bits per heavy atom. The number of nitrogens with zero attached hydrogens (tertiary/aromatic N) is 6.